The number of hydrogen-bond acceptors (Lipinski definition) is 4. The van der Waals surface area contributed by atoms with Crippen LogP contribution in [-0.2, 0) is 20.1 Å². The molecule has 55 heavy (non-hydrogen) atoms. The third-order valence-corrected chi connectivity index (χ3v) is 12.0. The molecule has 0 fully saturated rings. The minimum atomic E-state index is -1.40. The van der Waals surface area contributed by atoms with Crippen LogP contribution in [0.3, 0.4) is 0 Å². The standard InChI is InChI=1S/C26H17N2O.C23H26NSi.Ir/c1-17(18-7-3-2-4-8-18)19-13-14-28-23(15-19)21-12-11-20(16-27)25-22-9-5-6-10-24(22)29-26(21)25;1-17(2)21-15-22(24-16-23(21)25(3,4)5)20-13-9-12-19(14-20)18-10-7-6-8-11-18;/h2-11,13-15,17H,1H3;6-12,14-17H,1-5H3;/q2*-1;. The van der Waals surface area contributed by atoms with Gasteiger partial charge in [-0.25, -0.2) is 5.26 Å². The van der Waals surface area contributed by atoms with Gasteiger partial charge >= 0.3 is 0 Å². The van der Waals surface area contributed by atoms with Crippen molar-refractivity contribution >= 4 is 35.2 Å². The quantitative estimate of drug-likeness (QED) is 0.118. The predicted molar refractivity (Wildman–Crippen MR) is 225 cm³/mol. The van der Waals surface area contributed by atoms with Crippen LogP contribution in [0.25, 0.3) is 55.6 Å². The van der Waals surface area contributed by atoms with Crippen molar-refractivity contribution in [2.45, 2.75) is 52.2 Å². The first-order chi connectivity index (χ1) is 26.1. The average molecular weight is 910 g/mol. The van der Waals surface area contributed by atoms with Crippen LogP contribution < -0.4 is 5.19 Å². The Hall–Kier alpha value is -5.44. The summed E-state index contributed by atoms with van der Waals surface area (Å²) in [5.74, 6) is 0.739. The van der Waals surface area contributed by atoms with E-state index in [9.17, 15) is 5.26 Å². The van der Waals surface area contributed by atoms with E-state index in [-0.39, 0.29) is 26.0 Å². The molecular formula is C49H43IrN3OSi-2. The van der Waals surface area contributed by atoms with Crippen molar-refractivity contribution in [3.05, 3.63) is 174 Å². The van der Waals surface area contributed by atoms with E-state index in [0.29, 0.717) is 17.1 Å². The van der Waals surface area contributed by atoms with Crippen molar-refractivity contribution < 1.29 is 24.5 Å². The van der Waals surface area contributed by atoms with E-state index in [1.807, 2.05) is 54.7 Å². The first-order valence-electron chi connectivity index (χ1n) is 18.5. The normalized spacial score (nSPS) is 11.7. The van der Waals surface area contributed by atoms with Gasteiger partial charge in [-0.3, -0.25) is 0 Å². The number of hydrogen-bond donors (Lipinski definition) is 0. The van der Waals surface area contributed by atoms with Crippen LogP contribution in [0.5, 0.6) is 0 Å². The molecule has 0 saturated heterocycles. The molecule has 0 amide bonds. The van der Waals surface area contributed by atoms with E-state index >= 15 is 0 Å². The number of nitriles is 1. The topological polar surface area (TPSA) is 62.7 Å². The predicted octanol–water partition coefficient (Wildman–Crippen LogP) is 12.4. The Kier molecular flexibility index (Phi) is 12.1. The van der Waals surface area contributed by atoms with E-state index < -0.39 is 8.07 Å². The van der Waals surface area contributed by atoms with Crippen molar-refractivity contribution in [2.24, 2.45) is 0 Å². The molecule has 0 N–H and O–H groups in total. The van der Waals surface area contributed by atoms with Gasteiger partial charge in [-0.2, -0.15) is 0 Å². The molecule has 1 radical (unpaired) electrons. The summed E-state index contributed by atoms with van der Waals surface area (Å²) >= 11 is 0. The fourth-order valence-corrected chi connectivity index (χ4v) is 8.66. The first-order valence-corrected chi connectivity index (χ1v) is 22.0. The summed E-state index contributed by atoms with van der Waals surface area (Å²) in [7, 11) is -1.40. The molecule has 0 bridgehead atoms. The van der Waals surface area contributed by atoms with Gasteiger partial charge < -0.3 is 14.4 Å². The van der Waals surface area contributed by atoms with Crippen molar-refractivity contribution in [1.29, 1.82) is 5.26 Å². The minimum Gasteiger partial charge on any atom is -0.501 e. The number of benzene rings is 5. The van der Waals surface area contributed by atoms with Crippen LogP contribution in [0.2, 0.25) is 19.6 Å². The number of para-hydroxylation sites is 1. The van der Waals surface area contributed by atoms with Crippen molar-refractivity contribution in [2.75, 3.05) is 0 Å². The van der Waals surface area contributed by atoms with E-state index in [1.54, 1.807) is 6.07 Å². The van der Waals surface area contributed by atoms with Crippen LogP contribution in [-0.4, -0.2) is 18.0 Å². The summed E-state index contributed by atoms with van der Waals surface area (Å²) in [4.78, 5) is 9.38. The zero-order valence-corrected chi connectivity index (χ0v) is 35.4. The van der Waals surface area contributed by atoms with Crippen LogP contribution in [0.1, 0.15) is 54.9 Å². The summed E-state index contributed by atoms with van der Waals surface area (Å²) in [5, 5.41) is 12.8. The summed E-state index contributed by atoms with van der Waals surface area (Å²) < 4.78 is 6.14. The average Bonchev–Trinajstić information content (AvgIpc) is 3.60. The van der Waals surface area contributed by atoms with Crippen molar-refractivity contribution in [1.82, 2.24) is 9.97 Å². The fourth-order valence-electron chi connectivity index (χ4n) is 6.98. The van der Waals surface area contributed by atoms with Crippen LogP contribution in [0, 0.1) is 23.5 Å². The molecule has 8 rings (SSSR count). The van der Waals surface area contributed by atoms with E-state index in [1.165, 1.54) is 33.0 Å². The Morgan fingerprint density at radius 3 is 2.15 bits per heavy atom. The SMILES string of the molecule is CC(C)c1cc(-c2[c-]ccc(-c3ccccc3)c2)ncc1[Si](C)(C)C.CC(c1ccccc1)c1ccnc(-c2[c-]cc(C#N)c3c2oc2ccccc23)c1.[Ir]. The van der Waals surface area contributed by atoms with Crippen molar-refractivity contribution in [3.8, 4) is 39.7 Å². The Bertz CT molecular complexity index is 2600. The molecule has 1 unspecified atom stereocenters. The van der Waals surface area contributed by atoms with Gasteiger partial charge in [-0.05, 0) is 62.3 Å². The molecule has 4 nitrogen and oxygen atoms in total. The van der Waals surface area contributed by atoms with Gasteiger partial charge in [-0.15, -0.1) is 47.5 Å². The molecule has 5 aromatic carbocycles. The summed E-state index contributed by atoms with van der Waals surface area (Å²) in [6, 6.07) is 52.0. The Balaban J connectivity index is 0.000000186. The summed E-state index contributed by atoms with van der Waals surface area (Å²) in [6.07, 6.45) is 3.94. The number of fused-ring (bicyclic) bond motifs is 3. The molecule has 0 aliphatic heterocycles. The molecule has 1 atom stereocenters. The molecule has 3 heterocycles. The smallest absolute Gasteiger partial charge is 0.120 e. The number of aromatic nitrogens is 2. The maximum Gasteiger partial charge on any atom is 0.120 e. The number of furan rings is 1. The van der Waals surface area contributed by atoms with Crippen molar-refractivity contribution in [3.63, 3.8) is 0 Å². The first kappa shape index (κ1) is 39.3. The molecule has 8 aromatic rings. The maximum absolute atomic E-state index is 9.59. The van der Waals surface area contributed by atoms with E-state index in [4.69, 9.17) is 9.40 Å². The number of pyridine rings is 2. The van der Waals surface area contributed by atoms with Gasteiger partial charge in [0.25, 0.3) is 0 Å². The van der Waals surface area contributed by atoms with Gasteiger partial charge in [0, 0.05) is 49.9 Å². The third-order valence-electron chi connectivity index (χ3n) is 9.96. The molecule has 0 saturated carbocycles. The minimum absolute atomic E-state index is 0. The van der Waals surface area contributed by atoms with E-state index in [2.05, 4.69) is 143 Å². The number of nitrogens with zero attached hydrogens (tertiary/aromatic N) is 3. The Labute approximate surface area is 339 Å². The van der Waals surface area contributed by atoms with Gasteiger partial charge in [0.05, 0.1) is 13.7 Å². The van der Waals surface area contributed by atoms with Gasteiger partial charge in [-0.1, -0.05) is 143 Å². The summed E-state index contributed by atoms with van der Waals surface area (Å²) in [5.41, 5.74) is 11.9. The molecule has 0 aliphatic carbocycles. The zero-order chi connectivity index (χ0) is 37.8. The second kappa shape index (κ2) is 16.9. The van der Waals surface area contributed by atoms with Gasteiger partial charge in [0.1, 0.15) is 5.58 Å². The summed E-state index contributed by atoms with van der Waals surface area (Å²) in [6.45, 7) is 13.9. The Morgan fingerprint density at radius 2 is 1.44 bits per heavy atom. The molecule has 6 heteroatoms. The van der Waals surface area contributed by atoms with E-state index in [0.717, 1.165) is 38.9 Å². The molecule has 3 aromatic heterocycles. The maximum atomic E-state index is 9.59. The third kappa shape index (κ3) is 8.46. The second-order valence-electron chi connectivity index (χ2n) is 15.0. The monoisotopic (exact) mass is 910 g/mol. The largest absolute Gasteiger partial charge is 0.501 e. The zero-order valence-electron chi connectivity index (χ0n) is 32.0. The van der Waals surface area contributed by atoms with Gasteiger partial charge in [0.15, 0.2) is 0 Å². The van der Waals surface area contributed by atoms with Gasteiger partial charge in [0.2, 0.25) is 0 Å². The Morgan fingerprint density at radius 1 is 0.727 bits per heavy atom. The molecule has 275 valence electrons. The molecule has 0 aliphatic rings. The molecule has 0 spiro atoms. The second-order valence-corrected chi connectivity index (χ2v) is 20.1. The van der Waals surface area contributed by atoms with Crippen LogP contribution in [0.15, 0.2) is 144 Å². The van der Waals surface area contributed by atoms with Crippen LogP contribution in [0.4, 0.5) is 0 Å². The van der Waals surface area contributed by atoms with Crippen LogP contribution >= 0.6 is 0 Å². The molecular weight excluding hydrogens is 867 g/mol. The number of rotatable bonds is 7. The fraction of sp³-hybridized carbons (Fsp3) is 0.163.